The van der Waals surface area contributed by atoms with Crippen molar-refractivity contribution < 1.29 is 26.4 Å². The number of halogens is 2. The van der Waals surface area contributed by atoms with Crippen molar-refractivity contribution in [1.29, 1.82) is 0 Å². The highest BCUT2D eigenvalue weighted by atomic mass is 32.2. The molecule has 0 fully saturated rings. The Morgan fingerprint density at radius 3 is 2.41 bits per heavy atom. The fourth-order valence-electron chi connectivity index (χ4n) is 5.17. The van der Waals surface area contributed by atoms with E-state index in [1.165, 1.54) is 61.0 Å². The number of furan rings is 1. The first kappa shape index (κ1) is 28.9. The zero-order valence-electron chi connectivity index (χ0n) is 23.8. The molecule has 0 radical (unpaired) electrons. The summed E-state index contributed by atoms with van der Waals surface area (Å²) in [5, 5.41) is 3.26. The summed E-state index contributed by atoms with van der Waals surface area (Å²) in [6.45, 7) is 1.47. The van der Waals surface area contributed by atoms with Gasteiger partial charge in [-0.1, -0.05) is 6.07 Å². The molecule has 3 aromatic heterocycles. The lowest BCUT2D eigenvalue weighted by atomic mass is 9.98. The van der Waals surface area contributed by atoms with Gasteiger partial charge in [0, 0.05) is 70.6 Å². The first-order valence-electron chi connectivity index (χ1n) is 13.6. The Morgan fingerprint density at radius 1 is 0.977 bits per heavy atom. The molecular weight excluding hydrogens is 590 g/mol. The molecule has 12 heteroatoms. The fourth-order valence-corrected chi connectivity index (χ4v) is 5.82. The maximum Gasteiger partial charge on any atom is 0.258 e. The lowest BCUT2D eigenvalue weighted by molar-refractivity contribution is 0.0964. The van der Waals surface area contributed by atoms with E-state index in [1.54, 1.807) is 37.5 Å². The van der Waals surface area contributed by atoms with E-state index in [4.69, 9.17) is 4.42 Å². The molecule has 3 heterocycles. The molecule has 0 unspecified atom stereocenters. The number of rotatable bonds is 7. The monoisotopic (exact) mass is 616 g/mol. The van der Waals surface area contributed by atoms with E-state index >= 15 is 0 Å². The molecule has 0 saturated carbocycles. The molecule has 0 aliphatic rings. The van der Waals surface area contributed by atoms with E-state index in [-0.39, 0.29) is 39.5 Å². The molecule has 9 nitrogen and oxygen atoms in total. The van der Waals surface area contributed by atoms with E-state index in [0.717, 1.165) is 0 Å². The normalized spacial score (nSPS) is 11.8. The highest BCUT2D eigenvalue weighted by Crippen LogP contribution is 2.40. The molecule has 0 bridgehead atoms. The van der Waals surface area contributed by atoms with Crippen molar-refractivity contribution >= 4 is 43.5 Å². The third-order valence-electron chi connectivity index (χ3n) is 7.43. The van der Waals surface area contributed by atoms with Crippen LogP contribution < -0.4 is 15.6 Å². The van der Waals surface area contributed by atoms with Crippen molar-refractivity contribution in [3.63, 3.8) is 0 Å². The van der Waals surface area contributed by atoms with Crippen LogP contribution in [0.1, 0.15) is 17.3 Å². The largest absolute Gasteiger partial charge is 0.455 e. The number of anilines is 1. The summed E-state index contributed by atoms with van der Waals surface area (Å²) in [4.78, 5) is 30.0. The second-order valence-corrected chi connectivity index (χ2v) is 12.2. The summed E-state index contributed by atoms with van der Waals surface area (Å²) >= 11 is 0. The Morgan fingerprint density at radius 2 is 1.73 bits per heavy atom. The van der Waals surface area contributed by atoms with E-state index < -0.39 is 33.1 Å². The van der Waals surface area contributed by atoms with E-state index in [1.807, 2.05) is 0 Å². The van der Waals surface area contributed by atoms with Gasteiger partial charge >= 0.3 is 0 Å². The second-order valence-electron chi connectivity index (χ2n) is 10.2. The van der Waals surface area contributed by atoms with Crippen molar-refractivity contribution in [2.24, 2.45) is 7.05 Å². The number of carbonyl (C=O) groups is 1. The molecular formula is C32H26F2N4O5S. The number of carbonyl (C=O) groups excluding carboxylic acids is 1. The van der Waals surface area contributed by atoms with Crippen LogP contribution in [0.4, 0.5) is 14.5 Å². The molecule has 44 heavy (non-hydrogen) atoms. The van der Waals surface area contributed by atoms with Crippen LogP contribution in [-0.2, 0) is 17.1 Å². The van der Waals surface area contributed by atoms with Crippen molar-refractivity contribution in [1.82, 2.24) is 14.9 Å². The summed E-state index contributed by atoms with van der Waals surface area (Å²) in [5.74, 6) is -1.49. The standard InChI is InChI=1S/C32H26F2N4O5S/c1-4-44(41,42)37-27-15-28-23(29(31(39)35-2)30(43-28)17-8-10-19(33)11-9-17)13-20(27)21-12-18(16-38(3)32(21)40)26-14-22-24(34)6-5-7-25(22)36-26/h5-16,36-37H,4H2,1-3H3,(H,35,39). The Bertz CT molecular complexity index is 2270. The average Bonchev–Trinajstić information content (AvgIpc) is 3.61. The SMILES string of the molecule is CCS(=O)(=O)Nc1cc2oc(-c3ccc(F)cc3)c(C(=O)NC)c2cc1-c1cc(-c2cc3c(F)cccc3[nH]2)cn(C)c1=O. The van der Waals surface area contributed by atoms with Crippen LogP contribution in [0.5, 0.6) is 0 Å². The number of aryl methyl sites for hydroxylation is 1. The van der Waals surface area contributed by atoms with Crippen molar-refractivity contribution in [2.75, 3.05) is 17.5 Å². The number of H-pyrrole nitrogens is 1. The Kier molecular flexibility index (Phi) is 7.08. The molecule has 1 amide bonds. The summed E-state index contributed by atoms with van der Waals surface area (Å²) in [6.07, 6.45) is 1.59. The van der Waals surface area contributed by atoms with Crippen LogP contribution in [0.25, 0.3) is 55.6 Å². The first-order valence-corrected chi connectivity index (χ1v) is 15.2. The van der Waals surface area contributed by atoms with Crippen molar-refractivity contribution in [3.8, 4) is 33.7 Å². The minimum absolute atomic E-state index is 0.0548. The Hall–Kier alpha value is -5.23. The van der Waals surface area contributed by atoms with Crippen molar-refractivity contribution in [2.45, 2.75) is 6.92 Å². The van der Waals surface area contributed by atoms with Crippen LogP contribution in [0.3, 0.4) is 0 Å². The lowest BCUT2D eigenvalue weighted by Crippen LogP contribution is -2.20. The third-order valence-corrected chi connectivity index (χ3v) is 8.72. The average molecular weight is 617 g/mol. The third kappa shape index (κ3) is 5.02. The predicted molar refractivity (Wildman–Crippen MR) is 166 cm³/mol. The Balaban J connectivity index is 1.64. The molecule has 3 N–H and O–H groups in total. The van der Waals surface area contributed by atoms with Crippen LogP contribution >= 0.6 is 0 Å². The van der Waals surface area contributed by atoms with Crippen LogP contribution in [0.15, 0.2) is 82.1 Å². The van der Waals surface area contributed by atoms with Crippen LogP contribution in [0.2, 0.25) is 0 Å². The number of aromatic amines is 1. The highest BCUT2D eigenvalue weighted by Gasteiger charge is 2.25. The number of aromatic nitrogens is 2. The molecule has 6 aromatic rings. The number of fused-ring (bicyclic) bond motifs is 2. The van der Waals surface area contributed by atoms with Gasteiger partial charge in [0.1, 0.15) is 23.0 Å². The number of pyridine rings is 1. The van der Waals surface area contributed by atoms with Gasteiger partial charge in [0.05, 0.1) is 17.0 Å². The van der Waals surface area contributed by atoms with Crippen LogP contribution in [0, 0.1) is 11.6 Å². The predicted octanol–water partition coefficient (Wildman–Crippen LogP) is 6.01. The number of nitrogens with zero attached hydrogens (tertiary/aromatic N) is 1. The van der Waals surface area contributed by atoms with E-state index in [9.17, 15) is 26.8 Å². The molecule has 3 aromatic carbocycles. The minimum Gasteiger partial charge on any atom is -0.455 e. The molecule has 224 valence electrons. The van der Waals surface area contributed by atoms with Crippen LogP contribution in [-0.4, -0.2) is 36.7 Å². The summed E-state index contributed by atoms with van der Waals surface area (Å²) in [7, 11) is -0.833. The number of sulfonamides is 1. The molecule has 0 aliphatic carbocycles. The first-order chi connectivity index (χ1) is 21.0. The maximum atomic E-state index is 14.5. The molecule has 0 atom stereocenters. The fraction of sp³-hybridized carbons (Fsp3) is 0.125. The lowest BCUT2D eigenvalue weighted by Gasteiger charge is -2.14. The maximum absolute atomic E-state index is 14.5. The zero-order valence-corrected chi connectivity index (χ0v) is 24.6. The topological polar surface area (TPSA) is 126 Å². The van der Waals surface area contributed by atoms with Gasteiger partial charge in [-0.25, -0.2) is 17.2 Å². The number of amides is 1. The van der Waals surface area contributed by atoms with Gasteiger partial charge in [-0.15, -0.1) is 0 Å². The van der Waals surface area contributed by atoms with Crippen molar-refractivity contribution in [3.05, 3.63) is 100 Å². The number of benzene rings is 3. The van der Waals surface area contributed by atoms with Gasteiger partial charge in [-0.05, 0) is 61.5 Å². The van der Waals surface area contributed by atoms with Gasteiger partial charge in [0.2, 0.25) is 10.0 Å². The number of nitrogens with one attached hydrogen (secondary N) is 3. The van der Waals surface area contributed by atoms with Gasteiger partial charge in [-0.3, -0.25) is 14.3 Å². The quantitative estimate of drug-likeness (QED) is 0.203. The van der Waals surface area contributed by atoms with Gasteiger partial charge in [-0.2, -0.15) is 0 Å². The summed E-state index contributed by atoms with van der Waals surface area (Å²) in [6, 6.07) is 16.2. The number of hydrogen-bond acceptors (Lipinski definition) is 5. The van der Waals surface area contributed by atoms with Gasteiger partial charge < -0.3 is 19.3 Å². The zero-order chi connectivity index (χ0) is 31.3. The smallest absolute Gasteiger partial charge is 0.258 e. The molecule has 0 spiro atoms. The summed E-state index contributed by atoms with van der Waals surface area (Å²) < 4.78 is 63.7. The second kappa shape index (κ2) is 10.8. The van der Waals surface area contributed by atoms with Gasteiger partial charge in [0.25, 0.3) is 11.5 Å². The molecule has 0 saturated heterocycles. The summed E-state index contributed by atoms with van der Waals surface area (Å²) in [5.41, 5.74) is 2.26. The molecule has 6 rings (SSSR count). The van der Waals surface area contributed by atoms with E-state index in [0.29, 0.717) is 33.1 Å². The Labute approximate surface area is 250 Å². The van der Waals surface area contributed by atoms with Gasteiger partial charge in [0.15, 0.2) is 0 Å². The van der Waals surface area contributed by atoms with E-state index in [2.05, 4.69) is 15.0 Å². The highest BCUT2D eigenvalue weighted by molar-refractivity contribution is 7.92. The number of hydrogen-bond donors (Lipinski definition) is 3. The minimum atomic E-state index is -3.83. The molecule has 0 aliphatic heterocycles.